The van der Waals surface area contributed by atoms with Gasteiger partial charge in [0.2, 0.25) is 5.91 Å². The zero-order valence-electron chi connectivity index (χ0n) is 14.8. The third kappa shape index (κ3) is 5.20. The Balaban J connectivity index is 0.00000169. The number of ether oxygens (including phenoxy) is 1. The first-order valence-corrected chi connectivity index (χ1v) is 8.25. The van der Waals surface area contributed by atoms with Gasteiger partial charge in [0.1, 0.15) is 5.82 Å². The van der Waals surface area contributed by atoms with Crippen molar-refractivity contribution in [2.75, 3.05) is 20.3 Å². The van der Waals surface area contributed by atoms with E-state index in [4.69, 9.17) is 10.5 Å². The number of imidazole rings is 1. The van der Waals surface area contributed by atoms with Crippen LogP contribution in [0.2, 0.25) is 0 Å². The van der Waals surface area contributed by atoms with Gasteiger partial charge in [-0.25, -0.2) is 4.98 Å². The van der Waals surface area contributed by atoms with Crippen molar-refractivity contribution in [3.05, 3.63) is 54.1 Å². The van der Waals surface area contributed by atoms with Crippen molar-refractivity contribution < 1.29 is 9.53 Å². The van der Waals surface area contributed by atoms with Gasteiger partial charge in [0.25, 0.3) is 0 Å². The summed E-state index contributed by atoms with van der Waals surface area (Å²) in [4.78, 5) is 18.8. The van der Waals surface area contributed by atoms with Crippen molar-refractivity contribution in [3.8, 4) is 0 Å². The summed E-state index contributed by atoms with van der Waals surface area (Å²) in [6.45, 7) is 2.26. The van der Waals surface area contributed by atoms with Crippen LogP contribution in [0.25, 0.3) is 0 Å². The molecule has 0 saturated carbocycles. The first-order valence-electron chi connectivity index (χ1n) is 8.25. The standard InChI is InChI=1S/C18H24N4O2.2ClH/c1-21(17(23)18(19)7-11-24-12-8-18)14-16-20-9-10-22(16)13-15-5-3-2-4-6-15;;/h2-6,9-10H,7-8,11-14,19H2,1H3;2*1H. The smallest absolute Gasteiger partial charge is 0.242 e. The van der Waals surface area contributed by atoms with Crippen molar-refractivity contribution in [2.24, 2.45) is 5.73 Å². The Kier molecular flexibility index (Phi) is 8.56. The fourth-order valence-corrected chi connectivity index (χ4v) is 3.03. The quantitative estimate of drug-likeness (QED) is 0.834. The minimum absolute atomic E-state index is 0. The predicted molar refractivity (Wildman–Crippen MR) is 106 cm³/mol. The Morgan fingerprint density at radius 2 is 1.92 bits per heavy atom. The molecule has 1 aromatic heterocycles. The van der Waals surface area contributed by atoms with E-state index < -0.39 is 5.54 Å². The largest absolute Gasteiger partial charge is 0.381 e. The Morgan fingerprint density at radius 3 is 2.58 bits per heavy atom. The SMILES string of the molecule is CN(Cc1nccn1Cc1ccccc1)C(=O)C1(N)CCOCC1.Cl.Cl. The molecule has 0 bridgehead atoms. The summed E-state index contributed by atoms with van der Waals surface area (Å²) >= 11 is 0. The van der Waals surface area contributed by atoms with E-state index in [0.29, 0.717) is 32.6 Å². The second-order valence-corrected chi connectivity index (χ2v) is 6.39. The number of nitrogens with zero attached hydrogens (tertiary/aromatic N) is 3. The number of benzene rings is 1. The molecule has 144 valence electrons. The molecule has 8 heteroatoms. The second kappa shape index (κ2) is 9.92. The fraction of sp³-hybridized carbons (Fsp3) is 0.444. The van der Waals surface area contributed by atoms with Gasteiger partial charge >= 0.3 is 0 Å². The normalized spacial score (nSPS) is 15.5. The summed E-state index contributed by atoms with van der Waals surface area (Å²) in [6.07, 6.45) is 4.83. The highest BCUT2D eigenvalue weighted by Crippen LogP contribution is 2.21. The van der Waals surface area contributed by atoms with Crippen LogP contribution in [0, 0.1) is 0 Å². The van der Waals surface area contributed by atoms with Crippen LogP contribution < -0.4 is 5.73 Å². The van der Waals surface area contributed by atoms with Crippen molar-refractivity contribution in [2.45, 2.75) is 31.5 Å². The van der Waals surface area contributed by atoms with Gasteiger partial charge in [-0.3, -0.25) is 4.79 Å². The Labute approximate surface area is 166 Å². The van der Waals surface area contributed by atoms with Crippen molar-refractivity contribution in [3.63, 3.8) is 0 Å². The lowest BCUT2D eigenvalue weighted by atomic mass is 9.90. The van der Waals surface area contributed by atoms with Gasteiger partial charge in [0, 0.05) is 39.2 Å². The van der Waals surface area contributed by atoms with E-state index in [1.165, 1.54) is 5.56 Å². The molecule has 1 aliphatic rings. The summed E-state index contributed by atoms with van der Waals surface area (Å²) in [6, 6.07) is 10.2. The summed E-state index contributed by atoms with van der Waals surface area (Å²) in [7, 11) is 1.79. The van der Waals surface area contributed by atoms with Crippen LogP contribution in [0.5, 0.6) is 0 Å². The van der Waals surface area contributed by atoms with Crippen LogP contribution in [-0.4, -0.2) is 46.2 Å². The summed E-state index contributed by atoms with van der Waals surface area (Å²) in [5, 5.41) is 0. The zero-order chi connectivity index (χ0) is 17.0. The van der Waals surface area contributed by atoms with Crippen LogP contribution in [0.1, 0.15) is 24.2 Å². The molecular formula is C18H26Cl2N4O2. The van der Waals surface area contributed by atoms with E-state index in [2.05, 4.69) is 21.7 Å². The Morgan fingerprint density at radius 1 is 1.27 bits per heavy atom. The van der Waals surface area contributed by atoms with Gasteiger partial charge < -0.3 is 19.9 Å². The van der Waals surface area contributed by atoms with Crippen LogP contribution in [0.15, 0.2) is 42.7 Å². The molecule has 0 radical (unpaired) electrons. The summed E-state index contributed by atoms with van der Waals surface area (Å²) in [5.41, 5.74) is 6.68. The van der Waals surface area contributed by atoms with E-state index in [1.807, 2.05) is 24.4 Å². The van der Waals surface area contributed by atoms with Crippen molar-refractivity contribution in [1.29, 1.82) is 0 Å². The molecule has 1 fully saturated rings. The molecule has 6 nitrogen and oxygen atoms in total. The monoisotopic (exact) mass is 400 g/mol. The molecule has 1 aliphatic heterocycles. The van der Waals surface area contributed by atoms with Crippen LogP contribution in [-0.2, 0) is 22.6 Å². The highest BCUT2D eigenvalue weighted by molar-refractivity contribution is 5.86. The molecule has 2 N–H and O–H groups in total. The number of rotatable bonds is 5. The number of carbonyl (C=O) groups is 1. The van der Waals surface area contributed by atoms with Crippen LogP contribution in [0.4, 0.5) is 0 Å². The molecule has 0 unspecified atom stereocenters. The summed E-state index contributed by atoms with van der Waals surface area (Å²) in [5.74, 6) is 0.811. The number of nitrogens with two attached hydrogens (primary N) is 1. The molecule has 1 aromatic carbocycles. The third-order valence-electron chi connectivity index (χ3n) is 4.53. The minimum Gasteiger partial charge on any atom is -0.381 e. The van der Waals surface area contributed by atoms with Crippen LogP contribution in [0.3, 0.4) is 0 Å². The number of halogens is 2. The highest BCUT2D eigenvalue weighted by atomic mass is 35.5. The maximum atomic E-state index is 12.7. The first-order chi connectivity index (χ1) is 11.6. The number of amides is 1. The predicted octanol–water partition coefficient (Wildman–Crippen LogP) is 2.24. The van der Waals surface area contributed by atoms with Gasteiger partial charge in [0.05, 0.1) is 12.1 Å². The Hall–Kier alpha value is -1.60. The number of hydrogen-bond acceptors (Lipinski definition) is 4. The van der Waals surface area contributed by atoms with E-state index in [9.17, 15) is 4.79 Å². The lowest BCUT2D eigenvalue weighted by Gasteiger charge is -2.35. The summed E-state index contributed by atoms with van der Waals surface area (Å²) < 4.78 is 7.38. The number of aromatic nitrogens is 2. The number of likely N-dealkylation sites (N-methyl/N-ethyl adjacent to an activating group) is 1. The fourth-order valence-electron chi connectivity index (χ4n) is 3.03. The lowest BCUT2D eigenvalue weighted by Crippen LogP contribution is -2.57. The molecule has 0 spiro atoms. The molecule has 0 aliphatic carbocycles. The average molecular weight is 401 g/mol. The number of carbonyl (C=O) groups excluding carboxylic acids is 1. The first kappa shape index (κ1) is 22.4. The van der Waals surface area contributed by atoms with Crippen molar-refractivity contribution in [1.82, 2.24) is 14.5 Å². The second-order valence-electron chi connectivity index (χ2n) is 6.39. The maximum absolute atomic E-state index is 12.7. The van der Waals surface area contributed by atoms with Crippen molar-refractivity contribution >= 4 is 30.7 Å². The van der Waals surface area contributed by atoms with E-state index in [1.54, 1.807) is 18.1 Å². The molecule has 26 heavy (non-hydrogen) atoms. The van der Waals surface area contributed by atoms with Gasteiger partial charge in [-0.15, -0.1) is 24.8 Å². The van der Waals surface area contributed by atoms with E-state index >= 15 is 0 Å². The topological polar surface area (TPSA) is 73.4 Å². The molecule has 2 aromatic rings. The molecule has 2 heterocycles. The third-order valence-corrected chi connectivity index (χ3v) is 4.53. The highest BCUT2D eigenvalue weighted by Gasteiger charge is 2.38. The van der Waals surface area contributed by atoms with Gasteiger partial charge in [-0.2, -0.15) is 0 Å². The maximum Gasteiger partial charge on any atom is 0.242 e. The molecule has 3 rings (SSSR count). The minimum atomic E-state index is -0.816. The molecule has 1 saturated heterocycles. The van der Waals surface area contributed by atoms with Gasteiger partial charge in [-0.1, -0.05) is 30.3 Å². The van der Waals surface area contributed by atoms with E-state index in [0.717, 1.165) is 12.4 Å². The Bertz CT molecular complexity index is 688. The van der Waals surface area contributed by atoms with Crippen LogP contribution >= 0.6 is 24.8 Å². The molecular weight excluding hydrogens is 375 g/mol. The average Bonchev–Trinajstić information content (AvgIpc) is 3.02. The van der Waals surface area contributed by atoms with E-state index in [-0.39, 0.29) is 30.7 Å². The molecule has 0 atom stereocenters. The number of hydrogen-bond donors (Lipinski definition) is 1. The van der Waals surface area contributed by atoms with Gasteiger partial charge in [-0.05, 0) is 18.4 Å². The zero-order valence-corrected chi connectivity index (χ0v) is 16.5. The lowest BCUT2D eigenvalue weighted by molar-refractivity contribution is -0.139. The van der Waals surface area contributed by atoms with Gasteiger partial charge in [0.15, 0.2) is 0 Å². The molecule has 1 amide bonds.